The van der Waals surface area contributed by atoms with E-state index in [4.69, 9.17) is 4.74 Å². The molecule has 140 valence electrons. The molecule has 8 heteroatoms. The van der Waals surface area contributed by atoms with Crippen LogP contribution in [0.25, 0.3) is 16.2 Å². The number of esters is 1. The molecule has 2 heterocycles. The first-order valence-electron chi connectivity index (χ1n) is 8.48. The van der Waals surface area contributed by atoms with Crippen LogP contribution in [0.2, 0.25) is 0 Å². The lowest BCUT2D eigenvalue weighted by Gasteiger charge is -2.05. The smallest absolute Gasteiger partial charge is 0.317 e. The number of nitrogens with zero attached hydrogens (tertiary/aromatic N) is 3. The summed E-state index contributed by atoms with van der Waals surface area (Å²) >= 11 is 1.45. The second-order valence-corrected chi connectivity index (χ2v) is 7.06. The molecular formula is C20H15N3O4S. The molecule has 2 aromatic carbocycles. The lowest BCUT2D eigenvalue weighted by Crippen LogP contribution is -2.12. The molecule has 0 saturated heterocycles. The number of nitro groups is 1. The Bertz CT molecular complexity index is 1180. The molecule has 0 amide bonds. The van der Waals surface area contributed by atoms with E-state index in [1.165, 1.54) is 29.5 Å². The number of aromatic nitrogens is 2. The number of nitro benzene ring substituents is 1. The van der Waals surface area contributed by atoms with E-state index in [2.05, 4.69) is 4.98 Å². The van der Waals surface area contributed by atoms with Gasteiger partial charge in [-0.25, -0.2) is 4.98 Å². The molecule has 0 unspecified atom stereocenters. The van der Waals surface area contributed by atoms with Crippen molar-refractivity contribution in [2.75, 3.05) is 0 Å². The van der Waals surface area contributed by atoms with E-state index in [1.54, 1.807) is 6.92 Å². The van der Waals surface area contributed by atoms with Crippen LogP contribution in [0.3, 0.4) is 0 Å². The highest BCUT2D eigenvalue weighted by Crippen LogP contribution is 2.25. The van der Waals surface area contributed by atoms with Gasteiger partial charge in [-0.3, -0.25) is 19.3 Å². The first-order chi connectivity index (χ1) is 13.5. The maximum Gasteiger partial charge on any atom is 0.317 e. The predicted octanol–water partition coefficient (Wildman–Crippen LogP) is 4.43. The van der Waals surface area contributed by atoms with E-state index in [0.29, 0.717) is 5.56 Å². The van der Waals surface area contributed by atoms with E-state index in [1.807, 2.05) is 46.3 Å². The number of thiazole rings is 1. The predicted molar refractivity (Wildman–Crippen MR) is 106 cm³/mol. The topological polar surface area (TPSA) is 86.7 Å². The van der Waals surface area contributed by atoms with Crippen LogP contribution in [0.4, 0.5) is 5.69 Å². The Hall–Kier alpha value is -3.52. The fourth-order valence-electron chi connectivity index (χ4n) is 2.92. The molecule has 0 bridgehead atoms. The summed E-state index contributed by atoms with van der Waals surface area (Å²) in [5.41, 5.74) is 3.06. The van der Waals surface area contributed by atoms with E-state index < -0.39 is 10.9 Å². The van der Waals surface area contributed by atoms with Crippen LogP contribution in [-0.4, -0.2) is 20.3 Å². The lowest BCUT2D eigenvalue weighted by molar-refractivity contribution is -0.385. The van der Waals surface area contributed by atoms with Gasteiger partial charge < -0.3 is 4.74 Å². The second-order valence-electron chi connectivity index (χ2n) is 6.23. The molecule has 0 radical (unpaired) electrons. The van der Waals surface area contributed by atoms with Crippen molar-refractivity contribution in [2.24, 2.45) is 0 Å². The van der Waals surface area contributed by atoms with Gasteiger partial charge >= 0.3 is 5.97 Å². The largest absolute Gasteiger partial charge is 0.426 e. The molecule has 0 aliphatic carbocycles. The van der Waals surface area contributed by atoms with Crippen molar-refractivity contribution in [3.05, 3.63) is 81.5 Å². The maximum atomic E-state index is 12.3. The summed E-state index contributed by atoms with van der Waals surface area (Å²) in [5, 5.41) is 12.8. The minimum absolute atomic E-state index is 0.00815. The summed E-state index contributed by atoms with van der Waals surface area (Å²) in [6, 6.07) is 14.1. The van der Waals surface area contributed by atoms with Gasteiger partial charge in [-0.15, -0.1) is 11.3 Å². The van der Waals surface area contributed by atoms with Crippen molar-refractivity contribution in [1.29, 1.82) is 0 Å². The van der Waals surface area contributed by atoms with E-state index in [9.17, 15) is 14.9 Å². The highest BCUT2D eigenvalue weighted by molar-refractivity contribution is 7.15. The molecule has 0 aliphatic heterocycles. The molecular weight excluding hydrogens is 378 g/mol. The summed E-state index contributed by atoms with van der Waals surface area (Å²) in [6.07, 6.45) is 1.97. The number of hydrogen-bond acceptors (Lipinski definition) is 6. The van der Waals surface area contributed by atoms with Crippen molar-refractivity contribution >= 4 is 28.0 Å². The maximum absolute atomic E-state index is 12.3. The molecule has 0 atom stereocenters. The first-order valence-corrected chi connectivity index (χ1v) is 9.36. The Labute approximate surface area is 164 Å². The number of carbonyl (C=O) groups excluding carboxylic acids is 1. The van der Waals surface area contributed by atoms with Crippen molar-refractivity contribution in [1.82, 2.24) is 9.38 Å². The van der Waals surface area contributed by atoms with Crippen LogP contribution in [0.15, 0.2) is 60.1 Å². The van der Waals surface area contributed by atoms with E-state index >= 15 is 0 Å². The summed E-state index contributed by atoms with van der Waals surface area (Å²) in [6.45, 7) is 1.61. The van der Waals surface area contributed by atoms with Gasteiger partial charge in [0.1, 0.15) is 5.75 Å². The van der Waals surface area contributed by atoms with Crippen molar-refractivity contribution in [3.8, 4) is 17.0 Å². The number of rotatable bonds is 5. The van der Waals surface area contributed by atoms with Crippen LogP contribution in [0, 0.1) is 17.0 Å². The number of fused-ring (bicyclic) bond motifs is 1. The van der Waals surface area contributed by atoms with E-state index in [-0.39, 0.29) is 17.9 Å². The van der Waals surface area contributed by atoms with Gasteiger partial charge in [0, 0.05) is 34.5 Å². The standard InChI is InChI=1S/C20H15N3O4S/c1-13-9-16(7-8-18(13)23(25)26)27-19(24)10-15-12-28-20-21-17(11-22(15)20)14-5-3-2-4-6-14/h2-9,11-12H,10H2,1H3. The fraction of sp³-hybridized carbons (Fsp3) is 0.100. The molecule has 0 fully saturated rings. The molecule has 4 rings (SSSR count). The summed E-state index contributed by atoms with van der Waals surface area (Å²) in [7, 11) is 0. The average molecular weight is 393 g/mol. The number of hydrogen-bond donors (Lipinski definition) is 0. The minimum Gasteiger partial charge on any atom is -0.426 e. The van der Waals surface area contributed by atoms with Crippen LogP contribution in [-0.2, 0) is 11.2 Å². The average Bonchev–Trinajstić information content (AvgIpc) is 3.24. The summed E-state index contributed by atoms with van der Waals surface area (Å²) < 4.78 is 7.24. The van der Waals surface area contributed by atoms with Crippen molar-refractivity contribution < 1.29 is 14.5 Å². The van der Waals surface area contributed by atoms with Crippen molar-refractivity contribution in [2.45, 2.75) is 13.3 Å². The zero-order valence-corrected chi connectivity index (χ0v) is 15.7. The van der Waals surface area contributed by atoms with Gasteiger partial charge in [-0.05, 0) is 19.1 Å². The third-order valence-corrected chi connectivity index (χ3v) is 5.16. The summed E-state index contributed by atoms with van der Waals surface area (Å²) in [4.78, 5) is 28.2. The number of imidazole rings is 1. The fourth-order valence-corrected chi connectivity index (χ4v) is 3.79. The Kier molecular flexibility index (Phi) is 4.62. The molecule has 0 N–H and O–H groups in total. The van der Waals surface area contributed by atoms with Gasteiger partial charge in [0.05, 0.1) is 17.0 Å². The molecule has 28 heavy (non-hydrogen) atoms. The molecule has 4 aromatic rings. The van der Waals surface area contributed by atoms with Gasteiger partial charge in [0.25, 0.3) is 5.69 Å². The van der Waals surface area contributed by atoms with Gasteiger partial charge in [0.15, 0.2) is 4.96 Å². The van der Waals surface area contributed by atoms with Crippen LogP contribution in [0.5, 0.6) is 5.75 Å². The lowest BCUT2D eigenvalue weighted by atomic mass is 10.2. The number of aryl methyl sites for hydroxylation is 1. The second kappa shape index (κ2) is 7.24. The van der Waals surface area contributed by atoms with Gasteiger partial charge in [-0.2, -0.15) is 0 Å². The first kappa shape index (κ1) is 17.9. The van der Waals surface area contributed by atoms with Gasteiger partial charge in [0.2, 0.25) is 0 Å². The molecule has 0 aliphatic rings. The Morgan fingerprint density at radius 3 is 2.75 bits per heavy atom. The highest BCUT2D eigenvalue weighted by atomic mass is 32.1. The third-order valence-electron chi connectivity index (χ3n) is 4.28. The number of benzene rings is 2. The molecule has 0 saturated carbocycles. The van der Waals surface area contributed by atoms with Crippen molar-refractivity contribution in [3.63, 3.8) is 0 Å². The quantitative estimate of drug-likeness (QED) is 0.217. The Morgan fingerprint density at radius 2 is 2.04 bits per heavy atom. The Morgan fingerprint density at radius 1 is 1.25 bits per heavy atom. The van der Waals surface area contributed by atoms with E-state index in [0.717, 1.165) is 21.9 Å². The highest BCUT2D eigenvalue weighted by Gasteiger charge is 2.16. The van der Waals surface area contributed by atoms with Gasteiger partial charge in [-0.1, -0.05) is 30.3 Å². The molecule has 2 aromatic heterocycles. The number of carbonyl (C=O) groups is 1. The normalized spacial score (nSPS) is 10.9. The monoisotopic (exact) mass is 393 g/mol. The molecule has 0 spiro atoms. The summed E-state index contributed by atoms with van der Waals surface area (Å²) in [5.74, 6) is -0.155. The van der Waals surface area contributed by atoms with Crippen LogP contribution >= 0.6 is 11.3 Å². The number of ether oxygens (including phenoxy) is 1. The third kappa shape index (κ3) is 3.49. The Balaban J connectivity index is 1.52. The molecule has 7 nitrogen and oxygen atoms in total. The minimum atomic E-state index is -0.466. The zero-order chi connectivity index (χ0) is 19.7. The van der Waals surface area contributed by atoms with Crippen LogP contribution < -0.4 is 4.74 Å². The van der Waals surface area contributed by atoms with Crippen LogP contribution in [0.1, 0.15) is 11.3 Å². The zero-order valence-electron chi connectivity index (χ0n) is 14.9. The SMILES string of the molecule is Cc1cc(OC(=O)Cc2csc3nc(-c4ccccc4)cn23)ccc1[N+](=O)[O-].